The van der Waals surface area contributed by atoms with Gasteiger partial charge in [0, 0.05) is 17.5 Å². The van der Waals surface area contributed by atoms with E-state index in [2.05, 4.69) is 10.6 Å². The van der Waals surface area contributed by atoms with Gasteiger partial charge < -0.3 is 15.1 Å². The third kappa shape index (κ3) is 4.40. The highest BCUT2D eigenvalue weighted by molar-refractivity contribution is 6.14. The molecule has 0 saturated heterocycles. The predicted molar refractivity (Wildman–Crippen MR) is 120 cm³/mol. The average Bonchev–Trinajstić information content (AvgIpc) is 3.10. The summed E-state index contributed by atoms with van der Waals surface area (Å²) in [5, 5.41) is 6.61. The number of carbonyl (C=O) groups excluding carboxylic acids is 2. The van der Waals surface area contributed by atoms with Gasteiger partial charge in [0.15, 0.2) is 0 Å². The maximum Gasteiger partial charge on any atom is 0.293 e. The quantitative estimate of drug-likeness (QED) is 0.531. The SMILES string of the molecule is Cc1ccc(NC(=O)c2oc3ccccc3c2NC(=O)CC2CCCCC2)cc1C. The number of hydrogen-bond donors (Lipinski definition) is 2. The van der Waals surface area contributed by atoms with E-state index in [0.29, 0.717) is 29.3 Å². The van der Waals surface area contributed by atoms with Crippen molar-refractivity contribution in [1.29, 1.82) is 0 Å². The lowest BCUT2D eigenvalue weighted by molar-refractivity contribution is -0.117. The minimum absolute atomic E-state index is 0.0614. The second kappa shape index (κ2) is 8.74. The first-order valence-corrected chi connectivity index (χ1v) is 10.7. The number of hydrogen-bond acceptors (Lipinski definition) is 3. The lowest BCUT2D eigenvalue weighted by Crippen LogP contribution is -2.20. The van der Waals surface area contributed by atoms with E-state index in [1.807, 2.05) is 50.2 Å². The van der Waals surface area contributed by atoms with Crippen LogP contribution in [0.15, 0.2) is 46.9 Å². The molecule has 1 aliphatic carbocycles. The molecule has 1 heterocycles. The van der Waals surface area contributed by atoms with E-state index < -0.39 is 0 Å². The number of aryl methyl sites for hydroxylation is 2. The molecule has 4 rings (SSSR count). The Kier molecular flexibility index (Phi) is 5.88. The first kappa shape index (κ1) is 20.2. The zero-order chi connectivity index (χ0) is 21.1. The number of rotatable bonds is 5. The number of carbonyl (C=O) groups is 2. The van der Waals surface area contributed by atoms with Crippen molar-refractivity contribution in [3.05, 3.63) is 59.4 Å². The normalized spacial score (nSPS) is 14.6. The van der Waals surface area contributed by atoms with E-state index in [1.165, 1.54) is 19.3 Å². The molecule has 1 saturated carbocycles. The van der Waals surface area contributed by atoms with E-state index in [4.69, 9.17) is 4.42 Å². The third-order valence-electron chi connectivity index (χ3n) is 6.03. The number of anilines is 2. The molecule has 1 fully saturated rings. The van der Waals surface area contributed by atoms with Gasteiger partial charge in [0.2, 0.25) is 11.7 Å². The van der Waals surface area contributed by atoms with Crippen molar-refractivity contribution >= 4 is 34.2 Å². The molecule has 0 spiro atoms. The lowest BCUT2D eigenvalue weighted by Gasteiger charge is -2.20. The molecule has 1 aromatic heterocycles. The van der Waals surface area contributed by atoms with Crippen LogP contribution in [0.3, 0.4) is 0 Å². The van der Waals surface area contributed by atoms with E-state index >= 15 is 0 Å². The molecule has 2 amide bonds. The van der Waals surface area contributed by atoms with Gasteiger partial charge in [-0.05, 0) is 68.0 Å². The Hall–Kier alpha value is -3.08. The summed E-state index contributed by atoms with van der Waals surface area (Å²) in [4.78, 5) is 25.8. The van der Waals surface area contributed by atoms with E-state index in [9.17, 15) is 9.59 Å². The molecule has 1 aliphatic rings. The van der Waals surface area contributed by atoms with Gasteiger partial charge in [0.1, 0.15) is 11.3 Å². The first-order valence-electron chi connectivity index (χ1n) is 10.7. The number of benzene rings is 2. The fraction of sp³-hybridized carbons (Fsp3) is 0.360. The first-order chi connectivity index (χ1) is 14.5. The highest BCUT2D eigenvalue weighted by atomic mass is 16.3. The molecular formula is C25H28N2O3. The van der Waals surface area contributed by atoms with Gasteiger partial charge in [-0.3, -0.25) is 9.59 Å². The van der Waals surface area contributed by atoms with Crippen molar-refractivity contribution in [1.82, 2.24) is 0 Å². The second-order valence-corrected chi connectivity index (χ2v) is 8.31. The summed E-state index contributed by atoms with van der Waals surface area (Å²) in [5.74, 6) is 0.118. The topological polar surface area (TPSA) is 71.3 Å². The Labute approximate surface area is 176 Å². The Balaban J connectivity index is 1.58. The molecule has 5 nitrogen and oxygen atoms in total. The van der Waals surface area contributed by atoms with Gasteiger partial charge in [-0.15, -0.1) is 0 Å². The molecule has 0 radical (unpaired) electrons. The monoisotopic (exact) mass is 404 g/mol. The van der Waals surface area contributed by atoms with Gasteiger partial charge in [-0.25, -0.2) is 0 Å². The van der Waals surface area contributed by atoms with Gasteiger partial charge >= 0.3 is 0 Å². The summed E-state index contributed by atoms with van der Waals surface area (Å²) in [5.41, 5.74) is 3.98. The highest BCUT2D eigenvalue weighted by Crippen LogP contribution is 2.33. The molecule has 5 heteroatoms. The zero-order valence-corrected chi connectivity index (χ0v) is 17.6. The van der Waals surface area contributed by atoms with E-state index in [0.717, 1.165) is 29.4 Å². The van der Waals surface area contributed by atoms with Gasteiger partial charge in [-0.2, -0.15) is 0 Å². The van der Waals surface area contributed by atoms with Crippen molar-refractivity contribution < 1.29 is 14.0 Å². The van der Waals surface area contributed by atoms with Crippen molar-refractivity contribution in [2.24, 2.45) is 5.92 Å². The summed E-state index contributed by atoms with van der Waals surface area (Å²) >= 11 is 0. The second-order valence-electron chi connectivity index (χ2n) is 8.31. The van der Waals surface area contributed by atoms with Gasteiger partial charge in [0.25, 0.3) is 5.91 Å². The van der Waals surface area contributed by atoms with Crippen molar-refractivity contribution in [2.75, 3.05) is 10.6 Å². The molecule has 3 aromatic rings. The molecule has 0 bridgehead atoms. The number of amides is 2. The largest absolute Gasteiger partial charge is 0.449 e. The van der Waals surface area contributed by atoms with Gasteiger partial charge in [-0.1, -0.05) is 37.5 Å². The average molecular weight is 405 g/mol. The maximum absolute atomic E-state index is 13.0. The van der Waals surface area contributed by atoms with Crippen LogP contribution in [0.25, 0.3) is 11.0 Å². The van der Waals surface area contributed by atoms with Crippen LogP contribution in [0.2, 0.25) is 0 Å². The molecule has 0 atom stereocenters. The maximum atomic E-state index is 13.0. The number of fused-ring (bicyclic) bond motifs is 1. The molecular weight excluding hydrogens is 376 g/mol. The molecule has 30 heavy (non-hydrogen) atoms. The van der Waals surface area contributed by atoms with Crippen molar-refractivity contribution in [3.63, 3.8) is 0 Å². The minimum Gasteiger partial charge on any atom is -0.449 e. The van der Waals surface area contributed by atoms with Crippen LogP contribution >= 0.6 is 0 Å². The number of furan rings is 1. The molecule has 2 N–H and O–H groups in total. The number of para-hydroxylation sites is 1. The Morgan fingerprint density at radius 1 is 0.967 bits per heavy atom. The van der Waals surface area contributed by atoms with Crippen LogP contribution in [0, 0.1) is 19.8 Å². The summed E-state index contributed by atoms with van der Waals surface area (Å²) in [7, 11) is 0. The minimum atomic E-state index is -0.373. The Bertz CT molecular complexity index is 1080. The lowest BCUT2D eigenvalue weighted by atomic mass is 9.87. The molecule has 0 unspecified atom stereocenters. The van der Waals surface area contributed by atoms with Crippen LogP contribution in [-0.2, 0) is 4.79 Å². The van der Waals surface area contributed by atoms with E-state index in [-0.39, 0.29) is 17.6 Å². The van der Waals surface area contributed by atoms with E-state index in [1.54, 1.807) is 6.07 Å². The summed E-state index contributed by atoms with van der Waals surface area (Å²) in [6.45, 7) is 4.03. The summed E-state index contributed by atoms with van der Waals surface area (Å²) < 4.78 is 5.85. The van der Waals surface area contributed by atoms with Crippen LogP contribution in [0.4, 0.5) is 11.4 Å². The predicted octanol–water partition coefficient (Wildman–Crippen LogP) is 6.21. The fourth-order valence-electron chi connectivity index (χ4n) is 4.18. The molecule has 2 aromatic carbocycles. The standard InChI is InChI=1S/C25H28N2O3/c1-16-12-13-19(14-17(16)2)26-25(29)24-23(20-10-6-7-11-21(20)30-24)27-22(28)15-18-8-4-3-5-9-18/h6-7,10-14,18H,3-5,8-9,15H2,1-2H3,(H,26,29)(H,27,28). The van der Waals surface area contributed by atoms with Crippen LogP contribution < -0.4 is 10.6 Å². The van der Waals surface area contributed by atoms with Gasteiger partial charge in [0.05, 0.1) is 0 Å². The summed E-state index contributed by atoms with van der Waals surface area (Å²) in [6.07, 6.45) is 6.32. The Morgan fingerprint density at radius 2 is 1.73 bits per heavy atom. The number of nitrogens with one attached hydrogen (secondary N) is 2. The fourth-order valence-corrected chi connectivity index (χ4v) is 4.18. The van der Waals surface area contributed by atoms with Crippen LogP contribution in [0.1, 0.15) is 60.2 Å². The zero-order valence-electron chi connectivity index (χ0n) is 17.6. The molecule has 156 valence electrons. The van der Waals surface area contributed by atoms with Crippen LogP contribution in [0.5, 0.6) is 0 Å². The van der Waals surface area contributed by atoms with Crippen LogP contribution in [-0.4, -0.2) is 11.8 Å². The smallest absolute Gasteiger partial charge is 0.293 e. The Morgan fingerprint density at radius 3 is 2.50 bits per heavy atom. The molecule has 0 aliphatic heterocycles. The highest BCUT2D eigenvalue weighted by Gasteiger charge is 2.24. The van der Waals surface area contributed by atoms with Crippen molar-refractivity contribution in [2.45, 2.75) is 52.4 Å². The van der Waals surface area contributed by atoms with Crippen molar-refractivity contribution in [3.8, 4) is 0 Å². The third-order valence-corrected chi connectivity index (χ3v) is 6.03. The summed E-state index contributed by atoms with van der Waals surface area (Å²) in [6, 6.07) is 13.2.